The molecule has 162 valence electrons. The molecule has 1 aliphatic rings. The molecule has 9 nitrogen and oxygen atoms in total. The van der Waals surface area contributed by atoms with Gasteiger partial charge in [-0.3, -0.25) is 14.9 Å². The van der Waals surface area contributed by atoms with Crippen LogP contribution in [-0.4, -0.2) is 32.7 Å². The first-order valence-corrected chi connectivity index (χ1v) is 10.1. The molecule has 0 radical (unpaired) electrons. The molecule has 0 atom stereocenters. The normalized spacial score (nSPS) is 14.0. The van der Waals surface area contributed by atoms with Crippen molar-refractivity contribution in [2.45, 2.75) is 52.0 Å². The highest BCUT2D eigenvalue weighted by molar-refractivity contribution is 6.13. The van der Waals surface area contributed by atoms with Crippen molar-refractivity contribution in [3.8, 4) is 5.75 Å². The molecule has 2 aromatic heterocycles. The van der Waals surface area contributed by atoms with E-state index in [9.17, 15) is 14.9 Å². The Kier molecular flexibility index (Phi) is 4.91. The van der Waals surface area contributed by atoms with Crippen LogP contribution in [0.3, 0.4) is 0 Å². The van der Waals surface area contributed by atoms with Gasteiger partial charge in [-0.05, 0) is 52.7 Å². The van der Waals surface area contributed by atoms with Gasteiger partial charge in [-0.1, -0.05) is 0 Å². The Morgan fingerprint density at radius 2 is 2.00 bits per heavy atom. The smallest absolute Gasteiger partial charge is 0.271 e. The lowest BCUT2D eigenvalue weighted by atomic mass is 10.1. The number of hydrogen-bond acceptors (Lipinski definition) is 6. The molecule has 0 saturated heterocycles. The molecule has 0 aliphatic heterocycles. The van der Waals surface area contributed by atoms with Gasteiger partial charge in [0.1, 0.15) is 5.75 Å². The number of pyridine rings is 1. The summed E-state index contributed by atoms with van der Waals surface area (Å²) in [6, 6.07) is 5.92. The van der Waals surface area contributed by atoms with E-state index in [1.54, 1.807) is 0 Å². The first-order valence-electron chi connectivity index (χ1n) is 10.1. The van der Waals surface area contributed by atoms with Crippen LogP contribution < -0.4 is 10.1 Å². The topological polar surface area (TPSA) is 112 Å². The van der Waals surface area contributed by atoms with Crippen LogP contribution in [0.2, 0.25) is 0 Å². The number of carbonyl (C=O) groups is 1. The Bertz CT molecular complexity index is 1200. The number of rotatable bonds is 5. The molecule has 31 heavy (non-hydrogen) atoms. The summed E-state index contributed by atoms with van der Waals surface area (Å²) in [5.41, 5.74) is 2.49. The molecule has 3 aromatic rings. The lowest BCUT2D eigenvalue weighted by molar-refractivity contribution is -0.384. The van der Waals surface area contributed by atoms with Crippen molar-refractivity contribution in [1.82, 2.24) is 14.8 Å². The van der Waals surface area contributed by atoms with E-state index in [1.165, 1.54) is 25.3 Å². The summed E-state index contributed by atoms with van der Waals surface area (Å²) in [6.07, 6.45) is 2.09. The van der Waals surface area contributed by atoms with E-state index in [0.29, 0.717) is 34.0 Å². The van der Waals surface area contributed by atoms with Gasteiger partial charge in [0.05, 0.1) is 39.9 Å². The number of nitrogens with zero attached hydrogens (tertiary/aromatic N) is 4. The summed E-state index contributed by atoms with van der Waals surface area (Å²) in [6.45, 7) is 7.97. The number of nitro groups is 1. The molecular weight excluding hydrogens is 398 g/mol. The number of fused-ring (bicyclic) bond motifs is 1. The van der Waals surface area contributed by atoms with Gasteiger partial charge in [0.15, 0.2) is 5.65 Å². The highest BCUT2D eigenvalue weighted by atomic mass is 16.6. The van der Waals surface area contributed by atoms with Crippen molar-refractivity contribution >= 4 is 28.3 Å². The van der Waals surface area contributed by atoms with E-state index >= 15 is 0 Å². The molecule has 1 fully saturated rings. The fourth-order valence-electron chi connectivity index (χ4n) is 3.64. The molecule has 4 rings (SSSR count). The summed E-state index contributed by atoms with van der Waals surface area (Å²) in [4.78, 5) is 28.9. The number of aromatic nitrogens is 3. The molecule has 0 bridgehead atoms. The molecule has 1 N–H and O–H groups in total. The minimum atomic E-state index is -0.511. The van der Waals surface area contributed by atoms with E-state index in [0.717, 1.165) is 18.5 Å². The molecule has 1 aliphatic carbocycles. The monoisotopic (exact) mass is 423 g/mol. The maximum absolute atomic E-state index is 13.4. The highest BCUT2D eigenvalue weighted by Crippen LogP contribution is 2.41. The van der Waals surface area contributed by atoms with Crippen molar-refractivity contribution < 1.29 is 14.5 Å². The molecule has 0 spiro atoms. The van der Waals surface area contributed by atoms with Gasteiger partial charge >= 0.3 is 0 Å². The van der Waals surface area contributed by atoms with Crippen LogP contribution >= 0.6 is 0 Å². The number of non-ortho nitro benzene ring substituents is 1. The summed E-state index contributed by atoms with van der Waals surface area (Å²) < 4.78 is 7.14. The van der Waals surface area contributed by atoms with Gasteiger partial charge in [0.2, 0.25) is 0 Å². The van der Waals surface area contributed by atoms with Gasteiger partial charge in [0.25, 0.3) is 11.6 Å². The van der Waals surface area contributed by atoms with Gasteiger partial charge in [-0.25, -0.2) is 9.67 Å². The first-order chi connectivity index (χ1) is 14.6. The molecular formula is C22H25N5O4. The fourth-order valence-corrected chi connectivity index (χ4v) is 3.64. The number of ether oxygens (including phenoxy) is 1. The van der Waals surface area contributed by atoms with Gasteiger partial charge in [-0.2, -0.15) is 5.10 Å². The maximum Gasteiger partial charge on any atom is 0.271 e. The largest absolute Gasteiger partial charge is 0.495 e. The zero-order chi connectivity index (χ0) is 22.5. The van der Waals surface area contributed by atoms with E-state index < -0.39 is 4.92 Å². The van der Waals surface area contributed by atoms with E-state index in [-0.39, 0.29) is 22.8 Å². The van der Waals surface area contributed by atoms with Crippen LogP contribution in [0.4, 0.5) is 11.4 Å². The van der Waals surface area contributed by atoms with Gasteiger partial charge in [-0.15, -0.1) is 0 Å². The fraction of sp³-hybridized carbons (Fsp3) is 0.409. The van der Waals surface area contributed by atoms with Crippen molar-refractivity contribution in [3.63, 3.8) is 0 Å². The Balaban J connectivity index is 1.84. The summed E-state index contributed by atoms with van der Waals surface area (Å²) in [5, 5.41) is 19.3. The maximum atomic E-state index is 13.4. The highest BCUT2D eigenvalue weighted by Gasteiger charge is 2.30. The first kappa shape index (κ1) is 20.8. The zero-order valence-electron chi connectivity index (χ0n) is 18.2. The van der Waals surface area contributed by atoms with E-state index in [4.69, 9.17) is 9.72 Å². The summed E-state index contributed by atoms with van der Waals surface area (Å²) in [7, 11) is 1.45. The van der Waals surface area contributed by atoms with Crippen LogP contribution in [0.1, 0.15) is 61.3 Å². The number of anilines is 1. The van der Waals surface area contributed by atoms with Crippen LogP contribution in [0.25, 0.3) is 11.0 Å². The third-order valence-electron chi connectivity index (χ3n) is 5.35. The average Bonchev–Trinajstić information content (AvgIpc) is 3.50. The standard InChI is InChI=1S/C22H25N5O4/c1-12-19-15(21(28)24-17-10-14(27(29)30)8-9-18(17)31-5)11-16(13-6-7-13)23-20(19)26(25-12)22(2,3)4/h8-11,13H,6-7H2,1-5H3,(H,24,28). The third kappa shape index (κ3) is 3.83. The minimum absolute atomic E-state index is 0.133. The number of hydrogen-bond donors (Lipinski definition) is 1. The number of amides is 1. The number of aryl methyl sites for hydroxylation is 1. The molecule has 2 heterocycles. The number of nitrogens with one attached hydrogen (secondary N) is 1. The number of benzene rings is 1. The second kappa shape index (κ2) is 7.33. The van der Waals surface area contributed by atoms with Crippen molar-refractivity contribution in [2.75, 3.05) is 12.4 Å². The Morgan fingerprint density at radius 3 is 2.58 bits per heavy atom. The van der Waals surface area contributed by atoms with Crippen molar-refractivity contribution in [3.05, 3.63) is 51.3 Å². The quantitative estimate of drug-likeness (QED) is 0.476. The number of nitro benzene ring substituents is 1. The number of carbonyl (C=O) groups excluding carboxylic acids is 1. The minimum Gasteiger partial charge on any atom is -0.495 e. The summed E-state index contributed by atoms with van der Waals surface area (Å²) >= 11 is 0. The predicted molar refractivity (Wildman–Crippen MR) is 117 cm³/mol. The van der Waals surface area contributed by atoms with E-state index in [1.807, 2.05) is 38.4 Å². The lowest BCUT2D eigenvalue weighted by Gasteiger charge is -2.20. The van der Waals surface area contributed by atoms with Crippen LogP contribution in [-0.2, 0) is 5.54 Å². The molecule has 9 heteroatoms. The Labute approximate surface area is 179 Å². The molecule has 1 aromatic carbocycles. The van der Waals surface area contributed by atoms with Gasteiger partial charge in [0, 0.05) is 23.7 Å². The van der Waals surface area contributed by atoms with Crippen LogP contribution in [0.15, 0.2) is 24.3 Å². The number of methoxy groups -OCH3 is 1. The SMILES string of the molecule is COc1ccc([N+](=O)[O-])cc1NC(=O)c1cc(C2CC2)nc2c1c(C)nn2C(C)(C)C. The Hall–Kier alpha value is -3.49. The average molecular weight is 423 g/mol. The van der Waals surface area contributed by atoms with Crippen molar-refractivity contribution in [1.29, 1.82) is 0 Å². The lowest BCUT2D eigenvalue weighted by Crippen LogP contribution is -2.23. The van der Waals surface area contributed by atoms with E-state index in [2.05, 4.69) is 10.4 Å². The second-order valence-electron chi connectivity index (χ2n) is 8.83. The van der Waals surface area contributed by atoms with Gasteiger partial charge < -0.3 is 10.1 Å². The van der Waals surface area contributed by atoms with Crippen LogP contribution in [0, 0.1) is 17.0 Å². The predicted octanol–water partition coefficient (Wildman–Crippen LogP) is 4.54. The molecule has 1 saturated carbocycles. The zero-order valence-corrected chi connectivity index (χ0v) is 18.2. The molecule has 0 unspecified atom stereocenters. The Morgan fingerprint density at radius 1 is 1.29 bits per heavy atom. The van der Waals surface area contributed by atoms with Crippen LogP contribution in [0.5, 0.6) is 5.75 Å². The molecule has 1 amide bonds. The second-order valence-corrected chi connectivity index (χ2v) is 8.83. The van der Waals surface area contributed by atoms with Crippen molar-refractivity contribution in [2.24, 2.45) is 0 Å². The summed E-state index contributed by atoms with van der Waals surface area (Å²) in [5.74, 6) is 0.297. The third-order valence-corrected chi connectivity index (χ3v) is 5.35.